The largest absolute Gasteiger partial charge is 0.380 e. The van der Waals surface area contributed by atoms with Crippen LogP contribution in [0.15, 0.2) is 42.5 Å². The fourth-order valence-electron chi connectivity index (χ4n) is 3.02. The van der Waals surface area contributed by atoms with E-state index < -0.39 is 0 Å². The highest BCUT2D eigenvalue weighted by Gasteiger charge is 2.21. The Kier molecular flexibility index (Phi) is 4.20. The first-order valence-electron chi connectivity index (χ1n) is 7.74. The van der Waals surface area contributed by atoms with Crippen LogP contribution in [-0.4, -0.2) is 29.0 Å². The van der Waals surface area contributed by atoms with E-state index in [-0.39, 0.29) is 0 Å². The van der Waals surface area contributed by atoms with E-state index in [2.05, 4.69) is 71.5 Å². The third-order valence-electron chi connectivity index (χ3n) is 4.10. The Bertz CT molecular complexity index is 584. The van der Waals surface area contributed by atoms with Crippen molar-refractivity contribution in [3.05, 3.63) is 59.4 Å². The molecule has 0 saturated carbocycles. The van der Waals surface area contributed by atoms with E-state index in [1.807, 2.05) is 0 Å². The minimum atomic E-state index is 0.507. The fraction of sp³-hybridized carbons (Fsp3) is 0.389. The molecule has 1 aliphatic heterocycles. The maximum absolute atomic E-state index is 4.61. The zero-order chi connectivity index (χ0) is 14.7. The molecule has 0 fully saturated rings. The lowest BCUT2D eigenvalue weighted by molar-refractivity contribution is 0.265. The molecule has 1 aromatic heterocycles. The van der Waals surface area contributed by atoms with Gasteiger partial charge in [-0.25, -0.2) is 0 Å². The van der Waals surface area contributed by atoms with E-state index in [1.165, 1.54) is 11.3 Å². The Balaban J connectivity index is 1.61. The lowest BCUT2D eigenvalue weighted by atomic mass is 10.1. The molecule has 2 heterocycles. The average Bonchev–Trinajstić information content (AvgIpc) is 2.89. The van der Waals surface area contributed by atoms with Crippen LogP contribution in [0.2, 0.25) is 0 Å². The lowest BCUT2D eigenvalue weighted by Gasteiger charge is -2.24. The van der Waals surface area contributed by atoms with Gasteiger partial charge in [-0.2, -0.15) is 0 Å². The van der Waals surface area contributed by atoms with Crippen LogP contribution in [0.4, 0.5) is 5.69 Å². The van der Waals surface area contributed by atoms with Gasteiger partial charge in [0.15, 0.2) is 0 Å². The van der Waals surface area contributed by atoms with Gasteiger partial charge in [0.1, 0.15) is 0 Å². The first kappa shape index (κ1) is 14.1. The zero-order valence-corrected chi connectivity index (χ0v) is 12.8. The predicted octanol–water partition coefficient (Wildman–Crippen LogP) is 3.25. The molecule has 21 heavy (non-hydrogen) atoms. The minimum Gasteiger partial charge on any atom is -0.380 e. The average molecular weight is 281 g/mol. The van der Waals surface area contributed by atoms with E-state index in [9.17, 15) is 0 Å². The quantitative estimate of drug-likeness (QED) is 0.912. The molecule has 0 spiro atoms. The molecular formula is C18H23N3. The Morgan fingerprint density at radius 3 is 2.81 bits per heavy atom. The minimum absolute atomic E-state index is 0.507. The van der Waals surface area contributed by atoms with E-state index in [1.54, 1.807) is 0 Å². The SMILES string of the molecule is CCN(Cc1cccc(C)n1)CC1Cc2ccccc2N1. The summed E-state index contributed by atoms with van der Waals surface area (Å²) in [5, 5.41) is 3.63. The van der Waals surface area contributed by atoms with Crippen molar-refractivity contribution in [2.24, 2.45) is 0 Å². The molecule has 0 aliphatic carbocycles. The standard InChI is InChI=1S/C18H23N3/c1-3-21(12-16-9-6-7-14(2)19-16)13-17-11-15-8-4-5-10-18(15)20-17/h4-10,17,20H,3,11-13H2,1-2H3. The number of hydrogen-bond donors (Lipinski definition) is 1. The van der Waals surface area contributed by atoms with Crippen molar-refractivity contribution in [3.8, 4) is 0 Å². The number of aromatic nitrogens is 1. The van der Waals surface area contributed by atoms with Gasteiger partial charge in [-0.05, 0) is 43.7 Å². The van der Waals surface area contributed by atoms with Crippen molar-refractivity contribution in [2.75, 3.05) is 18.4 Å². The van der Waals surface area contributed by atoms with Crippen LogP contribution >= 0.6 is 0 Å². The zero-order valence-electron chi connectivity index (χ0n) is 12.8. The first-order chi connectivity index (χ1) is 10.2. The number of nitrogens with one attached hydrogen (secondary N) is 1. The van der Waals surface area contributed by atoms with Gasteiger partial charge in [0.25, 0.3) is 0 Å². The van der Waals surface area contributed by atoms with E-state index in [0.717, 1.165) is 37.4 Å². The molecule has 0 radical (unpaired) electrons. The second kappa shape index (κ2) is 6.27. The summed E-state index contributed by atoms with van der Waals surface area (Å²) in [5.74, 6) is 0. The van der Waals surface area contributed by atoms with Crippen LogP contribution in [-0.2, 0) is 13.0 Å². The summed E-state index contributed by atoms with van der Waals surface area (Å²) >= 11 is 0. The highest BCUT2D eigenvalue weighted by atomic mass is 15.2. The van der Waals surface area contributed by atoms with Gasteiger partial charge in [-0.3, -0.25) is 9.88 Å². The molecule has 1 aliphatic rings. The van der Waals surface area contributed by atoms with Gasteiger partial charge >= 0.3 is 0 Å². The third kappa shape index (κ3) is 3.42. The Morgan fingerprint density at radius 2 is 2.05 bits per heavy atom. The number of nitrogens with zero attached hydrogens (tertiary/aromatic N) is 2. The number of pyridine rings is 1. The number of benzene rings is 1. The second-order valence-electron chi connectivity index (χ2n) is 5.80. The Morgan fingerprint density at radius 1 is 1.19 bits per heavy atom. The van der Waals surface area contributed by atoms with Crippen LogP contribution < -0.4 is 5.32 Å². The summed E-state index contributed by atoms with van der Waals surface area (Å²) in [6, 6.07) is 15.4. The highest BCUT2D eigenvalue weighted by Crippen LogP contribution is 2.25. The van der Waals surface area contributed by atoms with Crippen molar-refractivity contribution in [1.29, 1.82) is 0 Å². The molecule has 0 bridgehead atoms. The highest BCUT2D eigenvalue weighted by molar-refractivity contribution is 5.56. The van der Waals surface area contributed by atoms with Crippen LogP contribution in [0.3, 0.4) is 0 Å². The Hall–Kier alpha value is -1.87. The van der Waals surface area contributed by atoms with Gasteiger partial charge < -0.3 is 5.32 Å². The molecule has 1 aromatic carbocycles. The summed E-state index contributed by atoms with van der Waals surface area (Å²) in [6.45, 7) is 7.30. The number of aryl methyl sites for hydroxylation is 1. The maximum Gasteiger partial charge on any atom is 0.0547 e. The normalized spacial score (nSPS) is 16.8. The smallest absolute Gasteiger partial charge is 0.0547 e. The summed E-state index contributed by atoms with van der Waals surface area (Å²) in [7, 11) is 0. The molecule has 1 N–H and O–H groups in total. The predicted molar refractivity (Wildman–Crippen MR) is 87.5 cm³/mol. The molecule has 2 aromatic rings. The van der Waals surface area contributed by atoms with Crippen molar-refractivity contribution >= 4 is 5.69 Å². The van der Waals surface area contributed by atoms with Gasteiger partial charge in [-0.15, -0.1) is 0 Å². The number of rotatable bonds is 5. The number of likely N-dealkylation sites (N-methyl/N-ethyl adjacent to an activating group) is 1. The molecule has 110 valence electrons. The number of hydrogen-bond acceptors (Lipinski definition) is 3. The van der Waals surface area contributed by atoms with Crippen LogP contribution in [0.1, 0.15) is 23.9 Å². The monoisotopic (exact) mass is 281 g/mol. The van der Waals surface area contributed by atoms with Gasteiger partial charge in [0.05, 0.1) is 5.69 Å². The molecular weight excluding hydrogens is 258 g/mol. The van der Waals surface area contributed by atoms with Crippen molar-refractivity contribution in [2.45, 2.75) is 32.9 Å². The van der Waals surface area contributed by atoms with Crippen LogP contribution in [0.25, 0.3) is 0 Å². The topological polar surface area (TPSA) is 28.2 Å². The molecule has 1 unspecified atom stereocenters. The van der Waals surface area contributed by atoms with Gasteiger partial charge in [-0.1, -0.05) is 31.2 Å². The Labute approximate surface area is 127 Å². The molecule has 1 atom stereocenters. The summed E-state index contributed by atoms with van der Waals surface area (Å²) in [5.41, 5.74) is 4.99. The van der Waals surface area contributed by atoms with Gasteiger partial charge in [0, 0.05) is 30.5 Å². The fourth-order valence-corrected chi connectivity index (χ4v) is 3.02. The summed E-state index contributed by atoms with van der Waals surface area (Å²) in [4.78, 5) is 7.08. The van der Waals surface area contributed by atoms with Gasteiger partial charge in [0.2, 0.25) is 0 Å². The van der Waals surface area contributed by atoms with E-state index in [4.69, 9.17) is 0 Å². The summed E-state index contributed by atoms with van der Waals surface area (Å²) in [6.07, 6.45) is 1.12. The molecule has 0 saturated heterocycles. The van der Waals surface area contributed by atoms with Crippen molar-refractivity contribution in [3.63, 3.8) is 0 Å². The number of fused-ring (bicyclic) bond motifs is 1. The van der Waals surface area contributed by atoms with Crippen LogP contribution in [0.5, 0.6) is 0 Å². The van der Waals surface area contributed by atoms with Crippen molar-refractivity contribution in [1.82, 2.24) is 9.88 Å². The first-order valence-corrected chi connectivity index (χ1v) is 7.74. The third-order valence-corrected chi connectivity index (χ3v) is 4.10. The molecule has 3 nitrogen and oxygen atoms in total. The number of anilines is 1. The number of para-hydroxylation sites is 1. The lowest BCUT2D eigenvalue weighted by Crippen LogP contribution is -2.35. The molecule has 0 amide bonds. The second-order valence-corrected chi connectivity index (χ2v) is 5.80. The maximum atomic E-state index is 4.61. The van der Waals surface area contributed by atoms with Crippen molar-refractivity contribution < 1.29 is 0 Å². The summed E-state index contributed by atoms with van der Waals surface area (Å²) < 4.78 is 0. The van der Waals surface area contributed by atoms with Crippen LogP contribution in [0, 0.1) is 6.92 Å². The molecule has 3 heteroatoms. The van der Waals surface area contributed by atoms with E-state index in [0.29, 0.717) is 6.04 Å². The van der Waals surface area contributed by atoms with E-state index >= 15 is 0 Å². The molecule has 3 rings (SSSR count).